The first-order valence-electron chi connectivity index (χ1n) is 6.52. The van der Waals surface area contributed by atoms with E-state index in [0.717, 1.165) is 12.1 Å². The number of ketones is 1. The molecule has 0 aliphatic rings. The van der Waals surface area contributed by atoms with Gasteiger partial charge in [0.05, 0.1) is 12.7 Å². The average Bonchev–Trinajstić information content (AvgIpc) is 2.53. The van der Waals surface area contributed by atoms with Gasteiger partial charge in [0, 0.05) is 11.3 Å². The Bertz CT molecular complexity index is 863. The van der Waals surface area contributed by atoms with Gasteiger partial charge in [0.15, 0.2) is 5.78 Å². The highest BCUT2D eigenvalue weighted by molar-refractivity contribution is 7.93. The Hall–Kier alpha value is -2.55. The molecule has 0 aliphatic heterocycles. The zero-order chi connectivity index (χ0) is 18.0. The van der Waals surface area contributed by atoms with Crippen LogP contribution in [0.1, 0.15) is 15.9 Å². The van der Waals surface area contributed by atoms with Crippen LogP contribution in [-0.4, -0.2) is 26.8 Å². The molecule has 1 N–H and O–H groups in total. The summed E-state index contributed by atoms with van der Waals surface area (Å²) >= 11 is 0. The Balaban J connectivity index is 2.36. The van der Waals surface area contributed by atoms with Crippen LogP contribution in [0.3, 0.4) is 0 Å². The lowest BCUT2D eigenvalue weighted by atomic mass is 10.0. The number of rotatable bonds is 5. The van der Waals surface area contributed by atoms with E-state index in [-0.39, 0.29) is 16.8 Å². The van der Waals surface area contributed by atoms with Crippen LogP contribution in [0.25, 0.3) is 0 Å². The molecule has 5 nitrogen and oxygen atoms in total. The third-order valence-electron chi connectivity index (χ3n) is 3.03. The first-order valence-corrected chi connectivity index (χ1v) is 8.01. The van der Waals surface area contributed by atoms with Crippen LogP contribution < -0.4 is 9.46 Å². The lowest BCUT2D eigenvalue weighted by molar-refractivity contribution is -0.0429. The van der Waals surface area contributed by atoms with Gasteiger partial charge >= 0.3 is 15.5 Å². The van der Waals surface area contributed by atoms with Gasteiger partial charge in [-0.2, -0.15) is 21.6 Å². The second kappa shape index (κ2) is 6.52. The number of sulfonamides is 1. The largest absolute Gasteiger partial charge is 0.516 e. The quantitative estimate of drug-likeness (QED) is 0.832. The summed E-state index contributed by atoms with van der Waals surface area (Å²) < 4.78 is 65.9. The van der Waals surface area contributed by atoms with Gasteiger partial charge in [0.2, 0.25) is 0 Å². The van der Waals surface area contributed by atoms with Gasteiger partial charge in [0.25, 0.3) is 0 Å². The molecular weight excluding hydrogens is 347 g/mol. The molecule has 0 saturated heterocycles. The minimum atomic E-state index is -5.56. The third-order valence-corrected chi connectivity index (χ3v) is 4.15. The summed E-state index contributed by atoms with van der Waals surface area (Å²) in [5.74, 6) is -0.218. The Morgan fingerprint density at radius 2 is 1.75 bits per heavy atom. The standard InChI is InChI=1S/C15H12F3NO4S/c1-23-13-8-3-2-7-12(13)14(20)10-5-4-6-11(9-10)19-24(21,22)15(16,17)18/h2-9,19H,1H3. The van der Waals surface area contributed by atoms with Crippen molar-refractivity contribution in [3.63, 3.8) is 0 Å². The predicted molar refractivity (Wildman–Crippen MR) is 81.5 cm³/mol. The number of anilines is 1. The number of ether oxygens (including phenoxy) is 1. The minimum absolute atomic E-state index is 0.0156. The first kappa shape index (κ1) is 17.8. The molecule has 0 atom stereocenters. The number of halogens is 3. The zero-order valence-electron chi connectivity index (χ0n) is 12.3. The van der Waals surface area contributed by atoms with Crippen LogP contribution in [0.5, 0.6) is 5.75 Å². The van der Waals surface area contributed by atoms with Gasteiger partial charge in [-0.25, -0.2) is 0 Å². The maximum atomic E-state index is 12.5. The summed E-state index contributed by atoms with van der Waals surface area (Å²) in [6.07, 6.45) is 0. The smallest absolute Gasteiger partial charge is 0.496 e. The second-order valence-corrected chi connectivity index (χ2v) is 6.34. The zero-order valence-corrected chi connectivity index (χ0v) is 13.1. The van der Waals surface area contributed by atoms with Gasteiger partial charge in [0.1, 0.15) is 5.75 Å². The van der Waals surface area contributed by atoms with E-state index in [9.17, 15) is 26.4 Å². The van der Waals surface area contributed by atoms with E-state index in [1.54, 1.807) is 18.2 Å². The highest BCUT2D eigenvalue weighted by Crippen LogP contribution is 2.27. The lowest BCUT2D eigenvalue weighted by Gasteiger charge is -2.12. The molecule has 24 heavy (non-hydrogen) atoms. The van der Waals surface area contributed by atoms with E-state index in [1.807, 2.05) is 0 Å². The van der Waals surface area contributed by atoms with E-state index >= 15 is 0 Å². The first-order chi connectivity index (χ1) is 11.2. The molecule has 128 valence electrons. The molecule has 0 unspecified atom stereocenters. The monoisotopic (exact) mass is 359 g/mol. The molecule has 0 heterocycles. The number of hydrogen-bond acceptors (Lipinski definition) is 4. The van der Waals surface area contributed by atoms with Crippen LogP contribution in [0.15, 0.2) is 48.5 Å². The maximum Gasteiger partial charge on any atom is 0.516 e. The topological polar surface area (TPSA) is 72.5 Å². The molecule has 0 aromatic heterocycles. The predicted octanol–water partition coefficient (Wildman–Crippen LogP) is 3.19. The molecule has 0 radical (unpaired) electrons. The molecule has 0 bridgehead atoms. The molecule has 0 spiro atoms. The Kier molecular flexibility index (Phi) is 4.83. The lowest BCUT2D eigenvalue weighted by Crippen LogP contribution is -2.29. The summed E-state index contributed by atoms with van der Waals surface area (Å²) in [5, 5.41) is 0. The Morgan fingerprint density at radius 1 is 1.08 bits per heavy atom. The number of methoxy groups -OCH3 is 1. The van der Waals surface area contributed by atoms with E-state index in [1.165, 1.54) is 30.0 Å². The van der Waals surface area contributed by atoms with Crippen molar-refractivity contribution in [2.75, 3.05) is 11.8 Å². The fourth-order valence-electron chi connectivity index (χ4n) is 1.92. The Labute approximate surface area is 136 Å². The van der Waals surface area contributed by atoms with Crippen molar-refractivity contribution in [1.82, 2.24) is 0 Å². The number of carbonyl (C=O) groups excluding carboxylic acids is 1. The van der Waals surface area contributed by atoms with Gasteiger partial charge < -0.3 is 4.74 Å². The van der Waals surface area contributed by atoms with Crippen molar-refractivity contribution in [1.29, 1.82) is 0 Å². The highest BCUT2D eigenvalue weighted by atomic mass is 32.2. The highest BCUT2D eigenvalue weighted by Gasteiger charge is 2.46. The van der Waals surface area contributed by atoms with E-state index in [0.29, 0.717) is 5.75 Å². The van der Waals surface area contributed by atoms with Crippen molar-refractivity contribution >= 4 is 21.5 Å². The van der Waals surface area contributed by atoms with Crippen molar-refractivity contribution in [2.45, 2.75) is 5.51 Å². The van der Waals surface area contributed by atoms with Gasteiger partial charge in [-0.1, -0.05) is 24.3 Å². The van der Waals surface area contributed by atoms with Gasteiger partial charge in [-0.15, -0.1) is 0 Å². The molecule has 0 amide bonds. The minimum Gasteiger partial charge on any atom is -0.496 e. The number of nitrogens with one attached hydrogen (secondary N) is 1. The number of benzene rings is 2. The fraction of sp³-hybridized carbons (Fsp3) is 0.133. The Morgan fingerprint density at radius 3 is 2.38 bits per heavy atom. The van der Waals surface area contributed by atoms with Crippen molar-refractivity contribution in [3.8, 4) is 5.75 Å². The van der Waals surface area contributed by atoms with Crippen molar-refractivity contribution < 1.29 is 31.1 Å². The third kappa shape index (κ3) is 3.67. The number of para-hydroxylation sites is 1. The SMILES string of the molecule is COc1ccccc1C(=O)c1cccc(NS(=O)(=O)C(F)(F)F)c1. The summed E-state index contributed by atoms with van der Waals surface area (Å²) in [6.45, 7) is 0. The van der Waals surface area contributed by atoms with E-state index in [2.05, 4.69) is 0 Å². The maximum absolute atomic E-state index is 12.5. The average molecular weight is 359 g/mol. The summed E-state index contributed by atoms with van der Waals surface area (Å²) in [4.78, 5) is 12.5. The number of carbonyl (C=O) groups is 1. The summed E-state index contributed by atoms with van der Waals surface area (Å²) in [7, 11) is -4.18. The molecule has 0 saturated carbocycles. The van der Waals surface area contributed by atoms with Crippen LogP contribution in [0.4, 0.5) is 18.9 Å². The number of alkyl halides is 3. The second-order valence-electron chi connectivity index (χ2n) is 4.66. The molecular formula is C15H12F3NO4S. The molecule has 2 aromatic rings. The number of hydrogen-bond donors (Lipinski definition) is 1. The normalized spacial score (nSPS) is 11.8. The molecule has 9 heteroatoms. The van der Waals surface area contributed by atoms with Gasteiger partial charge in [-0.05, 0) is 24.3 Å². The van der Waals surface area contributed by atoms with Crippen LogP contribution in [-0.2, 0) is 10.0 Å². The molecule has 2 rings (SSSR count). The van der Waals surface area contributed by atoms with Crippen molar-refractivity contribution in [2.24, 2.45) is 0 Å². The van der Waals surface area contributed by atoms with E-state index < -0.39 is 21.3 Å². The summed E-state index contributed by atoms with van der Waals surface area (Å²) in [6, 6.07) is 11.1. The summed E-state index contributed by atoms with van der Waals surface area (Å²) in [5.41, 5.74) is -5.60. The molecule has 2 aromatic carbocycles. The van der Waals surface area contributed by atoms with Crippen molar-refractivity contribution in [3.05, 3.63) is 59.7 Å². The van der Waals surface area contributed by atoms with Crippen LogP contribution in [0.2, 0.25) is 0 Å². The fourth-order valence-corrected chi connectivity index (χ4v) is 2.48. The van der Waals surface area contributed by atoms with E-state index in [4.69, 9.17) is 4.74 Å². The molecule has 0 fully saturated rings. The van der Waals surface area contributed by atoms with Crippen LogP contribution in [0, 0.1) is 0 Å². The van der Waals surface area contributed by atoms with Gasteiger partial charge in [-0.3, -0.25) is 9.52 Å². The van der Waals surface area contributed by atoms with Crippen LogP contribution >= 0.6 is 0 Å². The molecule has 0 aliphatic carbocycles.